The number of aryl methyl sites for hydroxylation is 1. The van der Waals surface area contributed by atoms with Crippen molar-refractivity contribution in [2.45, 2.75) is 6.92 Å². The van der Waals surface area contributed by atoms with Gasteiger partial charge in [0.25, 0.3) is 5.91 Å². The Hall–Kier alpha value is -1.38. The first-order valence-electron chi connectivity index (χ1n) is 3.64. The molecule has 3 heteroatoms. The van der Waals surface area contributed by atoms with Crippen LogP contribution in [0, 0.1) is 12.7 Å². The van der Waals surface area contributed by atoms with Crippen LogP contribution in [-0.4, -0.2) is 13.0 Å². The second-order valence-corrected chi connectivity index (χ2v) is 2.51. The van der Waals surface area contributed by atoms with Gasteiger partial charge in [-0.25, -0.2) is 4.39 Å². The molecule has 64 valence electrons. The zero-order chi connectivity index (χ0) is 9.14. The molecule has 12 heavy (non-hydrogen) atoms. The van der Waals surface area contributed by atoms with Crippen LogP contribution in [0.1, 0.15) is 15.9 Å². The molecule has 1 N–H and O–H groups in total. The van der Waals surface area contributed by atoms with Gasteiger partial charge in [0, 0.05) is 7.05 Å². The van der Waals surface area contributed by atoms with Crippen molar-refractivity contribution >= 4 is 5.91 Å². The lowest BCUT2D eigenvalue weighted by Gasteiger charge is -2.04. The molecule has 1 amide bonds. The van der Waals surface area contributed by atoms with Gasteiger partial charge < -0.3 is 5.32 Å². The normalized spacial score (nSPS) is 9.58. The van der Waals surface area contributed by atoms with Gasteiger partial charge in [-0.05, 0) is 18.6 Å². The fourth-order valence-electron chi connectivity index (χ4n) is 1.04. The molecule has 1 aromatic carbocycles. The van der Waals surface area contributed by atoms with Crippen LogP contribution < -0.4 is 5.32 Å². The highest BCUT2D eigenvalue weighted by molar-refractivity contribution is 5.95. The molecule has 0 spiro atoms. The van der Waals surface area contributed by atoms with E-state index in [1.54, 1.807) is 19.1 Å². The Morgan fingerprint density at radius 1 is 1.50 bits per heavy atom. The molecule has 0 saturated heterocycles. The summed E-state index contributed by atoms with van der Waals surface area (Å²) in [7, 11) is 1.48. The average molecular weight is 167 g/mol. The summed E-state index contributed by atoms with van der Waals surface area (Å²) in [5, 5.41) is 2.38. The van der Waals surface area contributed by atoms with Crippen molar-refractivity contribution < 1.29 is 9.18 Å². The van der Waals surface area contributed by atoms with Gasteiger partial charge in [-0.15, -0.1) is 0 Å². The number of hydrogen-bond donors (Lipinski definition) is 1. The molecule has 0 aliphatic carbocycles. The minimum absolute atomic E-state index is 0.125. The Morgan fingerprint density at radius 3 is 2.67 bits per heavy atom. The van der Waals surface area contributed by atoms with Crippen molar-refractivity contribution in [3.8, 4) is 0 Å². The molecule has 1 rings (SSSR count). The molecule has 0 unspecified atom stereocenters. The maximum atomic E-state index is 13.0. The summed E-state index contributed by atoms with van der Waals surface area (Å²) in [4.78, 5) is 11.1. The van der Waals surface area contributed by atoms with Gasteiger partial charge in [0.1, 0.15) is 5.82 Å². The van der Waals surface area contributed by atoms with Crippen LogP contribution in [0.4, 0.5) is 4.39 Å². The topological polar surface area (TPSA) is 29.1 Å². The molecule has 0 saturated carbocycles. The summed E-state index contributed by atoms with van der Waals surface area (Å²) in [6.07, 6.45) is 0. The van der Waals surface area contributed by atoms with E-state index in [1.165, 1.54) is 13.1 Å². The minimum Gasteiger partial charge on any atom is -0.355 e. The lowest BCUT2D eigenvalue weighted by molar-refractivity contribution is 0.0958. The summed E-state index contributed by atoms with van der Waals surface area (Å²) in [6.45, 7) is 1.70. The predicted octanol–water partition coefficient (Wildman–Crippen LogP) is 1.49. The third-order valence-electron chi connectivity index (χ3n) is 1.68. The SMILES string of the molecule is CNC(=O)c1c(C)cccc1F. The van der Waals surface area contributed by atoms with E-state index in [0.717, 1.165) is 0 Å². The van der Waals surface area contributed by atoms with E-state index in [0.29, 0.717) is 5.56 Å². The van der Waals surface area contributed by atoms with E-state index in [1.807, 2.05) is 0 Å². The van der Waals surface area contributed by atoms with E-state index in [9.17, 15) is 9.18 Å². The molecule has 0 bridgehead atoms. The minimum atomic E-state index is -0.477. The number of nitrogens with one attached hydrogen (secondary N) is 1. The van der Waals surface area contributed by atoms with Gasteiger partial charge in [-0.3, -0.25) is 4.79 Å². The first-order chi connectivity index (χ1) is 5.66. The van der Waals surface area contributed by atoms with Gasteiger partial charge in [-0.1, -0.05) is 12.1 Å². The third-order valence-corrected chi connectivity index (χ3v) is 1.68. The molecule has 0 radical (unpaired) electrons. The van der Waals surface area contributed by atoms with Crippen LogP contribution in [0.5, 0.6) is 0 Å². The van der Waals surface area contributed by atoms with Gasteiger partial charge >= 0.3 is 0 Å². The van der Waals surface area contributed by atoms with Crippen LogP contribution in [-0.2, 0) is 0 Å². The van der Waals surface area contributed by atoms with Crippen molar-refractivity contribution in [3.05, 3.63) is 35.1 Å². The standard InChI is InChI=1S/C9H10FNO/c1-6-4-3-5-7(10)8(6)9(12)11-2/h3-5H,1-2H3,(H,11,12). The van der Waals surface area contributed by atoms with Crippen molar-refractivity contribution in [2.24, 2.45) is 0 Å². The number of carbonyl (C=O) groups is 1. The molecule has 0 aromatic heterocycles. The molecule has 1 aromatic rings. The zero-order valence-corrected chi connectivity index (χ0v) is 7.02. The van der Waals surface area contributed by atoms with E-state index in [2.05, 4.69) is 5.32 Å². The quantitative estimate of drug-likeness (QED) is 0.674. The molecule has 0 aliphatic heterocycles. The maximum Gasteiger partial charge on any atom is 0.254 e. The van der Waals surface area contributed by atoms with E-state index in [4.69, 9.17) is 0 Å². The van der Waals surface area contributed by atoms with E-state index in [-0.39, 0.29) is 11.5 Å². The Morgan fingerprint density at radius 2 is 2.17 bits per heavy atom. The van der Waals surface area contributed by atoms with Crippen molar-refractivity contribution in [1.82, 2.24) is 5.32 Å². The maximum absolute atomic E-state index is 13.0. The summed E-state index contributed by atoms with van der Waals surface area (Å²) in [5.41, 5.74) is 0.773. The number of rotatable bonds is 1. The van der Waals surface area contributed by atoms with Gasteiger partial charge in [-0.2, -0.15) is 0 Å². The molecular formula is C9H10FNO. The number of amides is 1. The molecule has 2 nitrogen and oxygen atoms in total. The largest absolute Gasteiger partial charge is 0.355 e. The third kappa shape index (κ3) is 1.44. The molecule has 0 atom stereocenters. The molecule has 0 aliphatic rings. The van der Waals surface area contributed by atoms with Gasteiger partial charge in [0.2, 0.25) is 0 Å². The molecular weight excluding hydrogens is 157 g/mol. The smallest absolute Gasteiger partial charge is 0.254 e. The summed E-state index contributed by atoms with van der Waals surface area (Å²) in [6, 6.07) is 4.56. The number of hydrogen-bond acceptors (Lipinski definition) is 1. The zero-order valence-electron chi connectivity index (χ0n) is 7.02. The lowest BCUT2D eigenvalue weighted by atomic mass is 10.1. The molecule has 0 heterocycles. The highest BCUT2D eigenvalue weighted by Crippen LogP contribution is 2.11. The van der Waals surface area contributed by atoms with E-state index >= 15 is 0 Å². The van der Waals surface area contributed by atoms with Gasteiger partial charge in [0.05, 0.1) is 5.56 Å². The van der Waals surface area contributed by atoms with Crippen molar-refractivity contribution in [3.63, 3.8) is 0 Å². The van der Waals surface area contributed by atoms with Crippen LogP contribution in [0.2, 0.25) is 0 Å². The fraction of sp³-hybridized carbons (Fsp3) is 0.222. The fourth-order valence-corrected chi connectivity index (χ4v) is 1.04. The van der Waals surface area contributed by atoms with Crippen LogP contribution in [0.3, 0.4) is 0 Å². The second kappa shape index (κ2) is 3.34. The van der Waals surface area contributed by atoms with Crippen LogP contribution >= 0.6 is 0 Å². The Kier molecular flexibility index (Phi) is 2.43. The van der Waals surface area contributed by atoms with Crippen LogP contribution in [0.25, 0.3) is 0 Å². The summed E-state index contributed by atoms with van der Waals surface area (Å²) >= 11 is 0. The van der Waals surface area contributed by atoms with Crippen LogP contribution in [0.15, 0.2) is 18.2 Å². The van der Waals surface area contributed by atoms with Gasteiger partial charge in [0.15, 0.2) is 0 Å². The van der Waals surface area contributed by atoms with Crippen molar-refractivity contribution in [1.29, 1.82) is 0 Å². The summed E-state index contributed by atoms with van der Waals surface area (Å²) < 4.78 is 13.0. The Balaban J connectivity index is 3.21. The first-order valence-corrected chi connectivity index (χ1v) is 3.64. The Bertz CT molecular complexity index is 289. The summed E-state index contributed by atoms with van der Waals surface area (Å²) in [5.74, 6) is -0.861. The molecule has 0 fully saturated rings. The average Bonchev–Trinajstić information content (AvgIpc) is 2.03. The highest BCUT2D eigenvalue weighted by Gasteiger charge is 2.11. The Labute approximate surface area is 70.4 Å². The number of benzene rings is 1. The predicted molar refractivity (Wildman–Crippen MR) is 44.5 cm³/mol. The lowest BCUT2D eigenvalue weighted by Crippen LogP contribution is -2.20. The van der Waals surface area contributed by atoms with Crippen molar-refractivity contribution in [2.75, 3.05) is 7.05 Å². The first kappa shape index (κ1) is 8.71. The highest BCUT2D eigenvalue weighted by atomic mass is 19.1. The number of halogens is 1. The number of carbonyl (C=O) groups excluding carboxylic acids is 1. The van der Waals surface area contributed by atoms with E-state index < -0.39 is 5.82 Å². The monoisotopic (exact) mass is 167 g/mol. The second-order valence-electron chi connectivity index (χ2n) is 2.51.